The Balaban J connectivity index is 2.26. The molecule has 2 rings (SSSR count). The second kappa shape index (κ2) is 8.11. The van der Waals surface area contributed by atoms with E-state index in [0.717, 1.165) is 6.92 Å². The van der Waals surface area contributed by atoms with Gasteiger partial charge in [-0.2, -0.15) is 13.9 Å². The van der Waals surface area contributed by atoms with Crippen LogP contribution in [0, 0.1) is 0 Å². The zero-order valence-electron chi connectivity index (χ0n) is 13.2. The van der Waals surface area contributed by atoms with Crippen LogP contribution in [0.25, 0.3) is 0 Å². The summed E-state index contributed by atoms with van der Waals surface area (Å²) in [6, 6.07) is 4.32. The Kier molecular flexibility index (Phi) is 6.11. The van der Waals surface area contributed by atoms with Crippen LogP contribution < -0.4 is 10.1 Å². The summed E-state index contributed by atoms with van der Waals surface area (Å²) < 4.78 is 80.9. The van der Waals surface area contributed by atoms with E-state index in [4.69, 9.17) is 0 Å². The van der Waals surface area contributed by atoms with Crippen molar-refractivity contribution in [3.05, 3.63) is 41.7 Å². The number of amides is 1. The highest BCUT2D eigenvalue weighted by Crippen LogP contribution is 2.29. The lowest BCUT2D eigenvalue weighted by molar-refractivity contribution is -0.119. The van der Waals surface area contributed by atoms with Gasteiger partial charge < -0.3 is 10.1 Å². The third-order valence-corrected chi connectivity index (χ3v) is 3.34. The first-order valence-electron chi connectivity index (χ1n) is 7.21. The van der Waals surface area contributed by atoms with Gasteiger partial charge in [-0.15, -0.1) is 0 Å². The molecule has 0 saturated heterocycles. The minimum atomic E-state index is -3.14. The van der Waals surface area contributed by atoms with Crippen LogP contribution in [-0.2, 0) is 4.79 Å². The maximum absolute atomic E-state index is 13.0. The predicted molar refractivity (Wildman–Crippen MR) is 78.6 cm³/mol. The molecular formula is C15H13F6N3O2. The minimum absolute atomic E-state index is 0.135. The molecule has 0 fully saturated rings. The number of benzene rings is 1. The number of aromatic nitrogens is 2. The number of carbonyl (C=O) groups excluding carboxylic acids is 1. The first-order valence-corrected chi connectivity index (χ1v) is 7.21. The summed E-state index contributed by atoms with van der Waals surface area (Å²) in [5, 5.41) is 5.57. The number of carbonyl (C=O) groups is 1. The molecule has 0 aliphatic rings. The number of alkyl halides is 6. The fourth-order valence-corrected chi connectivity index (χ4v) is 2.13. The minimum Gasteiger partial charge on any atom is -0.433 e. The van der Waals surface area contributed by atoms with Crippen molar-refractivity contribution >= 4 is 11.6 Å². The van der Waals surface area contributed by atoms with Crippen molar-refractivity contribution in [2.75, 3.05) is 5.32 Å². The van der Waals surface area contributed by atoms with Gasteiger partial charge in [-0.05, 0) is 25.1 Å². The van der Waals surface area contributed by atoms with E-state index in [1.165, 1.54) is 24.3 Å². The monoisotopic (exact) mass is 381 g/mol. The lowest BCUT2D eigenvalue weighted by atomic mass is 10.2. The molecule has 0 aliphatic heterocycles. The van der Waals surface area contributed by atoms with Crippen LogP contribution in [0.2, 0.25) is 0 Å². The first kappa shape index (κ1) is 19.6. The standard InChI is InChI=1S/C15H13F6N3O2/c1-7(24-10(13(18)19)6-9(23-24)12(16)17)14(25)22-8-4-2-3-5-11(8)26-15(20)21/h2-7,12-13,15H,1H3,(H,22,25). The van der Waals surface area contributed by atoms with Crippen LogP contribution in [-0.4, -0.2) is 22.3 Å². The number of nitrogens with zero attached hydrogens (tertiary/aromatic N) is 2. The maximum atomic E-state index is 13.0. The summed E-state index contributed by atoms with van der Waals surface area (Å²) in [6.45, 7) is -1.99. The molecule has 1 aromatic carbocycles. The van der Waals surface area contributed by atoms with Crippen molar-refractivity contribution in [2.24, 2.45) is 0 Å². The van der Waals surface area contributed by atoms with E-state index in [-0.39, 0.29) is 11.4 Å². The smallest absolute Gasteiger partial charge is 0.387 e. The van der Waals surface area contributed by atoms with Crippen molar-refractivity contribution in [2.45, 2.75) is 32.4 Å². The zero-order chi connectivity index (χ0) is 19.4. The van der Waals surface area contributed by atoms with Gasteiger partial charge in [-0.1, -0.05) is 12.1 Å². The number of rotatable bonds is 7. The third kappa shape index (κ3) is 4.46. The van der Waals surface area contributed by atoms with Gasteiger partial charge in [0.05, 0.1) is 5.69 Å². The van der Waals surface area contributed by atoms with Crippen molar-refractivity contribution in [3.63, 3.8) is 0 Å². The molecule has 1 aromatic heterocycles. The molecular weight excluding hydrogens is 368 g/mol. The molecule has 1 N–H and O–H groups in total. The summed E-state index contributed by atoms with van der Waals surface area (Å²) in [5.41, 5.74) is -1.90. The number of hydrogen-bond acceptors (Lipinski definition) is 3. The molecule has 11 heteroatoms. The summed E-state index contributed by atoms with van der Waals surface area (Å²) >= 11 is 0. The van der Waals surface area contributed by atoms with Crippen LogP contribution in [0.5, 0.6) is 5.75 Å². The Labute approximate surface area is 143 Å². The molecule has 0 aliphatic carbocycles. The van der Waals surface area contributed by atoms with Crippen molar-refractivity contribution in [1.29, 1.82) is 0 Å². The zero-order valence-corrected chi connectivity index (χ0v) is 13.2. The van der Waals surface area contributed by atoms with Crippen LogP contribution in [0.3, 0.4) is 0 Å². The molecule has 1 heterocycles. The van der Waals surface area contributed by atoms with E-state index < -0.39 is 42.8 Å². The highest BCUT2D eigenvalue weighted by atomic mass is 19.3. The molecule has 142 valence electrons. The molecule has 0 spiro atoms. The number of anilines is 1. The van der Waals surface area contributed by atoms with Crippen molar-refractivity contribution in [3.8, 4) is 5.75 Å². The Bertz CT molecular complexity index is 766. The third-order valence-electron chi connectivity index (χ3n) is 3.34. The van der Waals surface area contributed by atoms with Gasteiger partial charge in [-0.3, -0.25) is 9.48 Å². The number of halogens is 6. The first-order chi connectivity index (χ1) is 12.2. The van der Waals surface area contributed by atoms with Gasteiger partial charge in [0.2, 0.25) is 5.91 Å². The lowest BCUT2D eigenvalue weighted by Crippen LogP contribution is -2.26. The molecule has 1 atom stereocenters. The fourth-order valence-electron chi connectivity index (χ4n) is 2.13. The average molecular weight is 381 g/mol. The molecule has 2 aromatic rings. The largest absolute Gasteiger partial charge is 0.433 e. The molecule has 1 amide bonds. The van der Waals surface area contributed by atoms with E-state index in [1.54, 1.807) is 0 Å². The highest BCUT2D eigenvalue weighted by Gasteiger charge is 2.27. The van der Waals surface area contributed by atoms with Crippen LogP contribution >= 0.6 is 0 Å². The van der Waals surface area contributed by atoms with Gasteiger partial charge in [0.15, 0.2) is 0 Å². The number of hydrogen-bond donors (Lipinski definition) is 1. The Morgan fingerprint density at radius 2 is 1.77 bits per heavy atom. The summed E-state index contributed by atoms with van der Waals surface area (Å²) in [4.78, 5) is 12.3. The van der Waals surface area contributed by atoms with Crippen LogP contribution in [0.15, 0.2) is 30.3 Å². The Morgan fingerprint density at radius 3 is 2.35 bits per heavy atom. The summed E-state index contributed by atoms with van der Waals surface area (Å²) in [6.07, 6.45) is -6.23. The molecule has 0 radical (unpaired) electrons. The second-order valence-corrected chi connectivity index (χ2v) is 5.08. The summed E-state index contributed by atoms with van der Waals surface area (Å²) in [5.74, 6) is -1.27. The molecule has 0 bridgehead atoms. The number of ether oxygens (including phenoxy) is 1. The van der Waals surface area contributed by atoms with Gasteiger partial charge in [0, 0.05) is 0 Å². The normalized spacial score (nSPS) is 12.7. The number of nitrogens with one attached hydrogen (secondary N) is 1. The van der Waals surface area contributed by atoms with Gasteiger partial charge in [0.1, 0.15) is 23.2 Å². The topological polar surface area (TPSA) is 56.1 Å². The molecule has 5 nitrogen and oxygen atoms in total. The lowest BCUT2D eigenvalue weighted by Gasteiger charge is -2.17. The fraction of sp³-hybridized carbons (Fsp3) is 0.333. The summed E-state index contributed by atoms with van der Waals surface area (Å²) in [7, 11) is 0. The van der Waals surface area contributed by atoms with Crippen LogP contribution in [0.1, 0.15) is 37.2 Å². The average Bonchev–Trinajstić information content (AvgIpc) is 3.01. The van der Waals surface area contributed by atoms with Crippen molar-refractivity contribution in [1.82, 2.24) is 9.78 Å². The van der Waals surface area contributed by atoms with E-state index >= 15 is 0 Å². The maximum Gasteiger partial charge on any atom is 0.387 e. The van der Waals surface area contributed by atoms with Crippen LogP contribution in [0.4, 0.5) is 32.0 Å². The second-order valence-electron chi connectivity index (χ2n) is 5.08. The SMILES string of the molecule is CC(C(=O)Nc1ccccc1OC(F)F)n1nc(C(F)F)cc1C(F)F. The molecule has 26 heavy (non-hydrogen) atoms. The molecule has 0 saturated carbocycles. The Hall–Kier alpha value is -2.72. The van der Waals surface area contributed by atoms with Gasteiger partial charge >= 0.3 is 6.61 Å². The van der Waals surface area contributed by atoms with E-state index in [9.17, 15) is 31.1 Å². The highest BCUT2D eigenvalue weighted by molar-refractivity contribution is 5.94. The van der Waals surface area contributed by atoms with E-state index in [0.29, 0.717) is 10.7 Å². The van der Waals surface area contributed by atoms with Gasteiger partial charge in [0.25, 0.3) is 12.9 Å². The quantitative estimate of drug-likeness (QED) is 0.716. The predicted octanol–water partition coefficient (Wildman–Crippen LogP) is 4.56. The van der Waals surface area contributed by atoms with Gasteiger partial charge in [-0.25, -0.2) is 17.6 Å². The number of para-hydroxylation sites is 2. The molecule has 1 unspecified atom stereocenters. The Morgan fingerprint density at radius 1 is 1.12 bits per heavy atom. The van der Waals surface area contributed by atoms with Crippen molar-refractivity contribution < 1.29 is 35.9 Å². The van der Waals surface area contributed by atoms with E-state index in [2.05, 4.69) is 15.2 Å². The van der Waals surface area contributed by atoms with E-state index in [1.807, 2.05) is 0 Å².